The summed E-state index contributed by atoms with van der Waals surface area (Å²) in [5.41, 5.74) is 0.565. The Morgan fingerprint density at radius 3 is 2.81 bits per heavy atom. The fraction of sp³-hybridized carbons (Fsp3) is 0.0385. The third-order valence-corrected chi connectivity index (χ3v) is 6.06. The van der Waals surface area contributed by atoms with Crippen LogP contribution in [0.4, 0.5) is 5.69 Å². The monoisotopic (exact) mass is 578 g/mol. The third kappa shape index (κ3) is 4.76. The lowest BCUT2D eigenvalue weighted by molar-refractivity contribution is -0.385. The number of fused-ring (bicyclic) bond motifs is 2. The normalized spacial score (nSPS) is 11.4. The molecule has 9 nitrogen and oxygen atoms in total. The minimum absolute atomic E-state index is 0.0152. The molecule has 0 saturated carbocycles. The third-order valence-electron chi connectivity index (χ3n) is 5.37. The summed E-state index contributed by atoms with van der Waals surface area (Å²) in [6.45, 7) is 3.63. The first-order valence-electron chi connectivity index (χ1n) is 10.8. The van der Waals surface area contributed by atoms with Gasteiger partial charge in [0.15, 0.2) is 5.76 Å². The van der Waals surface area contributed by atoms with Crippen molar-refractivity contribution in [3.8, 4) is 17.3 Å². The van der Waals surface area contributed by atoms with E-state index in [4.69, 9.17) is 20.8 Å². The molecular formula is C26H16BrClN4O5. The Bertz CT molecular complexity index is 1790. The lowest BCUT2D eigenvalue weighted by Gasteiger charge is -2.10. The maximum atomic E-state index is 13.5. The smallest absolute Gasteiger partial charge is 0.312 e. The van der Waals surface area contributed by atoms with Gasteiger partial charge >= 0.3 is 5.69 Å². The van der Waals surface area contributed by atoms with Crippen molar-refractivity contribution in [2.45, 2.75) is 0 Å². The van der Waals surface area contributed by atoms with Gasteiger partial charge in [0.1, 0.15) is 12.2 Å². The second kappa shape index (κ2) is 10.00. The minimum atomic E-state index is -0.560. The van der Waals surface area contributed by atoms with Crippen LogP contribution in [0.25, 0.3) is 33.5 Å². The molecule has 0 bridgehead atoms. The number of para-hydroxylation sites is 1. The van der Waals surface area contributed by atoms with Crippen molar-refractivity contribution >= 4 is 61.3 Å². The van der Waals surface area contributed by atoms with Gasteiger partial charge in [-0.3, -0.25) is 14.9 Å². The Morgan fingerprint density at radius 1 is 1.22 bits per heavy atom. The summed E-state index contributed by atoms with van der Waals surface area (Å²) in [5.74, 6) is 0.421. The van der Waals surface area contributed by atoms with E-state index < -0.39 is 10.5 Å². The fourth-order valence-electron chi connectivity index (χ4n) is 3.77. The van der Waals surface area contributed by atoms with Crippen molar-refractivity contribution in [2.75, 3.05) is 6.61 Å². The van der Waals surface area contributed by atoms with Gasteiger partial charge in [-0.25, -0.2) is 4.98 Å². The SMILES string of the molecule is C=CCOc1c(C=Nn2c(-c3cc4cc(Cl)ccc4o3)nc3ccccc3c2=O)cc(Br)cc1[N+](=O)[O-]. The molecule has 2 heterocycles. The van der Waals surface area contributed by atoms with Crippen LogP contribution < -0.4 is 10.3 Å². The molecule has 184 valence electrons. The van der Waals surface area contributed by atoms with E-state index in [1.807, 2.05) is 0 Å². The Labute approximate surface area is 222 Å². The molecule has 3 aromatic carbocycles. The molecule has 0 fully saturated rings. The number of hydrogen-bond acceptors (Lipinski definition) is 7. The average Bonchev–Trinajstić information content (AvgIpc) is 3.30. The number of hydrogen-bond donors (Lipinski definition) is 0. The summed E-state index contributed by atoms with van der Waals surface area (Å²) >= 11 is 9.40. The first-order chi connectivity index (χ1) is 17.9. The maximum absolute atomic E-state index is 13.5. The molecule has 37 heavy (non-hydrogen) atoms. The van der Waals surface area contributed by atoms with E-state index in [0.717, 1.165) is 10.1 Å². The first kappa shape index (κ1) is 24.4. The second-order valence-electron chi connectivity index (χ2n) is 7.81. The number of halogens is 2. The van der Waals surface area contributed by atoms with E-state index in [0.29, 0.717) is 31.7 Å². The van der Waals surface area contributed by atoms with E-state index in [9.17, 15) is 14.9 Å². The number of nitro groups is 1. The van der Waals surface area contributed by atoms with Crippen molar-refractivity contribution in [1.29, 1.82) is 0 Å². The quantitative estimate of drug-likeness (QED) is 0.0931. The van der Waals surface area contributed by atoms with Crippen LogP contribution in [0.15, 0.2) is 92.1 Å². The molecule has 0 saturated heterocycles. The topological polar surface area (TPSA) is 113 Å². The second-order valence-corrected chi connectivity index (χ2v) is 9.16. The number of benzene rings is 3. The standard InChI is InChI=1S/C26H16BrClN4O5/c1-2-9-36-24-16(10-17(27)13-21(24)32(34)35)14-29-31-25(30-20-6-4-3-5-19(20)26(31)33)23-12-15-11-18(28)7-8-22(15)37-23/h2-8,10-14H,1,9H2. The molecule has 2 aromatic heterocycles. The molecule has 0 aliphatic heterocycles. The molecule has 11 heteroatoms. The zero-order valence-electron chi connectivity index (χ0n) is 18.9. The Hall–Kier alpha value is -4.28. The Balaban J connectivity index is 1.73. The van der Waals surface area contributed by atoms with Crippen LogP contribution >= 0.6 is 27.5 Å². The molecule has 0 spiro atoms. The van der Waals surface area contributed by atoms with Gasteiger partial charge in [0.05, 0.1) is 22.0 Å². The molecule has 0 radical (unpaired) electrons. The van der Waals surface area contributed by atoms with Gasteiger partial charge in [0, 0.05) is 26.5 Å². The maximum Gasteiger partial charge on any atom is 0.312 e. The largest absolute Gasteiger partial charge is 0.482 e. The van der Waals surface area contributed by atoms with Crippen molar-refractivity contribution < 1.29 is 14.1 Å². The first-order valence-corrected chi connectivity index (χ1v) is 12.0. The summed E-state index contributed by atoms with van der Waals surface area (Å²) in [7, 11) is 0. The molecular weight excluding hydrogens is 564 g/mol. The molecule has 0 unspecified atom stereocenters. The van der Waals surface area contributed by atoms with Gasteiger partial charge in [-0.2, -0.15) is 9.78 Å². The van der Waals surface area contributed by atoms with Crippen LogP contribution in [0, 0.1) is 10.1 Å². The lowest BCUT2D eigenvalue weighted by Crippen LogP contribution is -2.20. The van der Waals surface area contributed by atoms with Crippen LogP contribution in [0.1, 0.15) is 5.56 Å². The highest BCUT2D eigenvalue weighted by Gasteiger charge is 2.21. The average molecular weight is 580 g/mol. The number of furan rings is 1. The Morgan fingerprint density at radius 2 is 2.03 bits per heavy atom. The Kier molecular flexibility index (Phi) is 6.60. The highest BCUT2D eigenvalue weighted by atomic mass is 79.9. The van der Waals surface area contributed by atoms with E-state index in [-0.39, 0.29) is 29.4 Å². The fourth-order valence-corrected chi connectivity index (χ4v) is 4.41. The van der Waals surface area contributed by atoms with E-state index in [1.54, 1.807) is 54.6 Å². The number of nitrogens with zero attached hydrogens (tertiary/aromatic N) is 4. The number of nitro benzene ring substituents is 1. The number of aromatic nitrogens is 2. The molecule has 0 N–H and O–H groups in total. The zero-order valence-corrected chi connectivity index (χ0v) is 21.3. The summed E-state index contributed by atoms with van der Waals surface area (Å²) in [6.07, 6.45) is 2.77. The predicted octanol–water partition coefficient (Wildman–Crippen LogP) is 6.58. The van der Waals surface area contributed by atoms with Gasteiger partial charge < -0.3 is 9.15 Å². The minimum Gasteiger partial charge on any atom is -0.482 e. The molecule has 0 amide bonds. The van der Waals surface area contributed by atoms with Crippen LogP contribution in [-0.2, 0) is 0 Å². The lowest BCUT2D eigenvalue weighted by atomic mass is 10.2. The van der Waals surface area contributed by atoms with Crippen LogP contribution in [0.5, 0.6) is 5.75 Å². The molecule has 5 aromatic rings. The predicted molar refractivity (Wildman–Crippen MR) is 146 cm³/mol. The van der Waals surface area contributed by atoms with Gasteiger partial charge in [0.2, 0.25) is 11.6 Å². The van der Waals surface area contributed by atoms with Crippen LogP contribution in [-0.4, -0.2) is 27.4 Å². The van der Waals surface area contributed by atoms with Crippen molar-refractivity contribution in [2.24, 2.45) is 5.10 Å². The van der Waals surface area contributed by atoms with E-state index >= 15 is 0 Å². The van der Waals surface area contributed by atoms with Crippen molar-refractivity contribution in [1.82, 2.24) is 9.66 Å². The van der Waals surface area contributed by atoms with Crippen molar-refractivity contribution in [3.63, 3.8) is 0 Å². The van der Waals surface area contributed by atoms with Crippen LogP contribution in [0.3, 0.4) is 0 Å². The number of ether oxygens (including phenoxy) is 1. The van der Waals surface area contributed by atoms with Crippen molar-refractivity contribution in [3.05, 3.63) is 109 Å². The van der Waals surface area contributed by atoms with E-state index in [1.165, 1.54) is 18.4 Å². The van der Waals surface area contributed by atoms with Gasteiger partial charge in [-0.05, 0) is 42.5 Å². The highest BCUT2D eigenvalue weighted by molar-refractivity contribution is 9.10. The highest BCUT2D eigenvalue weighted by Crippen LogP contribution is 2.34. The molecule has 5 rings (SSSR count). The molecule has 0 aliphatic carbocycles. The van der Waals surface area contributed by atoms with Gasteiger partial charge in [0.25, 0.3) is 5.56 Å². The number of rotatable bonds is 7. The van der Waals surface area contributed by atoms with Gasteiger partial charge in [-0.1, -0.05) is 52.3 Å². The van der Waals surface area contributed by atoms with Gasteiger partial charge in [-0.15, -0.1) is 0 Å². The zero-order chi connectivity index (χ0) is 26.1. The van der Waals surface area contributed by atoms with E-state index in [2.05, 4.69) is 32.6 Å². The van der Waals surface area contributed by atoms with Crippen LogP contribution in [0.2, 0.25) is 5.02 Å². The summed E-state index contributed by atoms with van der Waals surface area (Å²) in [4.78, 5) is 29.2. The molecule has 0 aliphatic rings. The summed E-state index contributed by atoms with van der Waals surface area (Å²) < 4.78 is 13.1. The molecule has 0 atom stereocenters. The summed E-state index contributed by atoms with van der Waals surface area (Å²) in [6, 6.07) is 16.6. The summed E-state index contributed by atoms with van der Waals surface area (Å²) in [5, 5.41) is 17.6.